The number of benzene rings is 1. The number of H-pyrrole nitrogens is 1. The van der Waals surface area contributed by atoms with Gasteiger partial charge in [0.25, 0.3) is 0 Å². The van der Waals surface area contributed by atoms with Gasteiger partial charge in [0.1, 0.15) is 6.54 Å². The normalized spacial score (nSPS) is 23.8. The van der Waals surface area contributed by atoms with Gasteiger partial charge >= 0.3 is 11.7 Å². The van der Waals surface area contributed by atoms with Gasteiger partial charge in [-0.1, -0.05) is 12.1 Å². The minimum absolute atomic E-state index is 0.00515. The number of amides is 1. The number of hydrogen-bond acceptors (Lipinski definition) is 4. The van der Waals surface area contributed by atoms with Crippen LogP contribution in [0.1, 0.15) is 19.3 Å². The first-order valence-electron chi connectivity index (χ1n) is 9.34. The van der Waals surface area contributed by atoms with Gasteiger partial charge in [-0.3, -0.25) is 14.2 Å². The molecule has 3 heterocycles. The highest BCUT2D eigenvalue weighted by molar-refractivity contribution is 5.80. The first kappa shape index (κ1) is 17.8. The summed E-state index contributed by atoms with van der Waals surface area (Å²) in [6.45, 7) is 1.62. The zero-order valence-electron chi connectivity index (χ0n) is 15.0. The molecule has 1 aromatic heterocycles. The Bertz CT molecular complexity index is 909. The highest BCUT2D eigenvalue weighted by Crippen LogP contribution is 2.33. The van der Waals surface area contributed by atoms with Crippen LogP contribution >= 0.6 is 0 Å². The lowest BCUT2D eigenvalue weighted by Gasteiger charge is -2.35. The van der Waals surface area contributed by atoms with E-state index in [0.717, 1.165) is 18.4 Å². The second-order valence-electron chi connectivity index (χ2n) is 7.32. The van der Waals surface area contributed by atoms with Gasteiger partial charge in [0.05, 0.1) is 23.1 Å². The van der Waals surface area contributed by atoms with E-state index in [1.807, 2.05) is 24.3 Å². The van der Waals surface area contributed by atoms with Crippen LogP contribution in [0.2, 0.25) is 0 Å². The molecule has 0 spiro atoms. The number of aliphatic carboxylic acids is 1. The second kappa shape index (κ2) is 7.19. The largest absolute Gasteiger partial charge is 0.481 e. The molecule has 0 saturated carbocycles. The number of nitrogens with zero attached hydrogens (tertiary/aromatic N) is 2. The number of rotatable bonds is 4. The van der Waals surface area contributed by atoms with Crippen molar-refractivity contribution in [3.05, 3.63) is 34.7 Å². The molecule has 2 aliphatic heterocycles. The summed E-state index contributed by atoms with van der Waals surface area (Å²) in [6, 6.07) is 7.30. The molecule has 2 aliphatic rings. The number of carbonyl (C=O) groups excluding carboxylic acids is 1. The fourth-order valence-electron chi connectivity index (χ4n) is 4.32. The predicted octanol–water partition coefficient (Wildman–Crippen LogP) is 1.06. The van der Waals surface area contributed by atoms with Crippen LogP contribution in [0.15, 0.2) is 29.1 Å². The SMILES string of the molecule is O=C(O)C1CCO[C@H]1C1CCN(C(=O)Cn2c(=O)[nH]c3ccccc32)CC1. The molecule has 8 heteroatoms. The Morgan fingerprint density at radius 2 is 1.93 bits per heavy atom. The Hall–Kier alpha value is -2.61. The number of piperidine rings is 1. The van der Waals surface area contributed by atoms with E-state index < -0.39 is 11.9 Å². The molecule has 2 aromatic rings. The molecule has 27 heavy (non-hydrogen) atoms. The summed E-state index contributed by atoms with van der Waals surface area (Å²) in [6.07, 6.45) is 1.75. The Morgan fingerprint density at radius 1 is 1.19 bits per heavy atom. The molecule has 1 unspecified atom stereocenters. The van der Waals surface area contributed by atoms with Gasteiger partial charge in [-0.25, -0.2) is 4.79 Å². The summed E-state index contributed by atoms with van der Waals surface area (Å²) < 4.78 is 7.14. The average Bonchev–Trinajstić information content (AvgIpc) is 3.27. The fourth-order valence-corrected chi connectivity index (χ4v) is 4.32. The van der Waals surface area contributed by atoms with Crippen molar-refractivity contribution in [2.45, 2.75) is 31.9 Å². The number of hydrogen-bond donors (Lipinski definition) is 2. The molecular weight excluding hydrogens is 350 g/mol. The van der Waals surface area contributed by atoms with Gasteiger partial charge in [-0.05, 0) is 37.3 Å². The van der Waals surface area contributed by atoms with Gasteiger partial charge in [0.15, 0.2) is 0 Å². The Labute approximate surface area is 155 Å². The van der Waals surface area contributed by atoms with Gasteiger partial charge in [-0.15, -0.1) is 0 Å². The molecule has 0 radical (unpaired) electrons. The molecule has 8 nitrogen and oxygen atoms in total. The summed E-state index contributed by atoms with van der Waals surface area (Å²) >= 11 is 0. The summed E-state index contributed by atoms with van der Waals surface area (Å²) in [5, 5.41) is 9.33. The van der Waals surface area contributed by atoms with Crippen molar-refractivity contribution in [3.8, 4) is 0 Å². The molecule has 2 saturated heterocycles. The van der Waals surface area contributed by atoms with Crippen molar-refractivity contribution in [3.63, 3.8) is 0 Å². The van der Waals surface area contributed by atoms with E-state index >= 15 is 0 Å². The van der Waals surface area contributed by atoms with E-state index in [-0.39, 0.29) is 30.2 Å². The van der Waals surface area contributed by atoms with Crippen LogP contribution in [-0.2, 0) is 20.9 Å². The van der Waals surface area contributed by atoms with E-state index in [1.165, 1.54) is 4.57 Å². The van der Waals surface area contributed by atoms with E-state index in [1.54, 1.807) is 4.90 Å². The van der Waals surface area contributed by atoms with E-state index in [4.69, 9.17) is 4.74 Å². The van der Waals surface area contributed by atoms with Crippen molar-refractivity contribution < 1.29 is 19.4 Å². The quantitative estimate of drug-likeness (QED) is 0.834. The van der Waals surface area contributed by atoms with E-state index in [9.17, 15) is 19.5 Å². The van der Waals surface area contributed by atoms with Crippen LogP contribution in [0.5, 0.6) is 0 Å². The molecular formula is C19H23N3O5. The predicted molar refractivity (Wildman–Crippen MR) is 97.3 cm³/mol. The third-order valence-corrected chi connectivity index (χ3v) is 5.78. The summed E-state index contributed by atoms with van der Waals surface area (Å²) in [4.78, 5) is 40.7. The van der Waals surface area contributed by atoms with Crippen LogP contribution < -0.4 is 5.69 Å². The third kappa shape index (κ3) is 3.37. The Morgan fingerprint density at radius 3 is 2.67 bits per heavy atom. The summed E-state index contributed by atoms with van der Waals surface area (Å²) in [7, 11) is 0. The molecule has 4 rings (SSSR count). The molecule has 0 bridgehead atoms. The number of aromatic amines is 1. The van der Waals surface area contributed by atoms with Gasteiger partial charge in [0, 0.05) is 19.7 Å². The Balaban J connectivity index is 1.39. The fraction of sp³-hybridized carbons (Fsp3) is 0.526. The van der Waals surface area contributed by atoms with Crippen molar-refractivity contribution >= 4 is 22.9 Å². The lowest BCUT2D eigenvalue weighted by atomic mass is 9.84. The van der Waals surface area contributed by atoms with E-state index in [2.05, 4.69) is 4.98 Å². The number of likely N-dealkylation sites (tertiary alicyclic amines) is 1. The number of aromatic nitrogens is 2. The number of carboxylic acid groups (broad SMARTS) is 1. The van der Waals surface area contributed by atoms with Gasteiger partial charge < -0.3 is 19.7 Å². The maximum atomic E-state index is 12.7. The monoisotopic (exact) mass is 373 g/mol. The lowest BCUT2D eigenvalue weighted by molar-refractivity contribution is -0.146. The molecule has 2 atom stereocenters. The van der Waals surface area contributed by atoms with Crippen molar-refractivity contribution in [1.29, 1.82) is 0 Å². The van der Waals surface area contributed by atoms with Crippen LogP contribution in [0.25, 0.3) is 11.0 Å². The summed E-state index contributed by atoms with van der Waals surface area (Å²) in [5.41, 5.74) is 1.14. The zero-order valence-corrected chi connectivity index (χ0v) is 15.0. The standard InChI is InChI=1S/C19H23N3O5/c23-16(11-22-15-4-2-1-3-14(15)20-19(22)26)21-8-5-12(6-9-21)17-13(18(24)25)7-10-27-17/h1-4,12-13,17H,5-11H2,(H,20,26)(H,24,25)/t13?,17-/m0/s1. The van der Waals surface area contributed by atoms with Crippen LogP contribution in [-0.4, -0.2) is 57.2 Å². The smallest absolute Gasteiger partial charge is 0.326 e. The number of carbonyl (C=O) groups is 2. The topological polar surface area (TPSA) is 105 Å². The number of para-hydroxylation sites is 2. The molecule has 2 N–H and O–H groups in total. The first-order valence-corrected chi connectivity index (χ1v) is 9.34. The number of fused-ring (bicyclic) bond motifs is 1. The zero-order chi connectivity index (χ0) is 19.0. The average molecular weight is 373 g/mol. The Kier molecular flexibility index (Phi) is 4.73. The number of nitrogens with one attached hydrogen (secondary N) is 1. The van der Waals surface area contributed by atoms with Crippen LogP contribution in [0, 0.1) is 11.8 Å². The highest BCUT2D eigenvalue weighted by Gasteiger charge is 2.40. The maximum absolute atomic E-state index is 12.7. The third-order valence-electron chi connectivity index (χ3n) is 5.78. The minimum Gasteiger partial charge on any atom is -0.481 e. The summed E-state index contributed by atoms with van der Waals surface area (Å²) in [5.74, 6) is -1.17. The number of imidazole rings is 1. The molecule has 1 amide bonds. The van der Waals surface area contributed by atoms with Crippen LogP contribution in [0.4, 0.5) is 0 Å². The first-order chi connectivity index (χ1) is 13.0. The van der Waals surface area contributed by atoms with Gasteiger partial charge in [-0.2, -0.15) is 0 Å². The van der Waals surface area contributed by atoms with Crippen molar-refractivity contribution in [1.82, 2.24) is 14.5 Å². The second-order valence-corrected chi connectivity index (χ2v) is 7.32. The van der Waals surface area contributed by atoms with Crippen LogP contribution in [0.3, 0.4) is 0 Å². The minimum atomic E-state index is -0.797. The number of carboxylic acids is 1. The highest BCUT2D eigenvalue weighted by atomic mass is 16.5. The maximum Gasteiger partial charge on any atom is 0.326 e. The molecule has 1 aromatic carbocycles. The van der Waals surface area contributed by atoms with Crippen molar-refractivity contribution in [2.75, 3.05) is 19.7 Å². The van der Waals surface area contributed by atoms with Gasteiger partial charge in [0.2, 0.25) is 5.91 Å². The lowest BCUT2D eigenvalue weighted by Crippen LogP contribution is -2.44. The molecule has 2 fully saturated rings. The van der Waals surface area contributed by atoms with E-state index in [0.29, 0.717) is 31.6 Å². The molecule has 0 aliphatic carbocycles. The molecule has 144 valence electrons. The van der Waals surface area contributed by atoms with Crippen molar-refractivity contribution in [2.24, 2.45) is 11.8 Å². The number of ether oxygens (including phenoxy) is 1.